The molecule has 0 saturated carbocycles. The van der Waals surface area contributed by atoms with Crippen molar-refractivity contribution in [2.24, 2.45) is 5.73 Å². The molecule has 0 saturated heterocycles. The summed E-state index contributed by atoms with van der Waals surface area (Å²) in [6, 6.07) is 3.11. The molecule has 2 N–H and O–H groups in total. The van der Waals surface area contributed by atoms with Crippen molar-refractivity contribution in [1.82, 2.24) is 0 Å². The molecule has 0 bridgehead atoms. The van der Waals surface area contributed by atoms with Crippen LogP contribution in [0.1, 0.15) is 5.56 Å². The highest BCUT2D eigenvalue weighted by molar-refractivity contribution is 8.00. The minimum absolute atomic E-state index is 0.102. The van der Waals surface area contributed by atoms with Crippen LogP contribution in [0.3, 0.4) is 0 Å². The number of thioether (sulfide) groups is 1. The van der Waals surface area contributed by atoms with E-state index in [1.165, 1.54) is 13.2 Å². The van der Waals surface area contributed by atoms with Crippen molar-refractivity contribution in [3.63, 3.8) is 0 Å². The number of ether oxygens (including phenoxy) is 2. The lowest BCUT2D eigenvalue weighted by Crippen LogP contribution is -2.10. The van der Waals surface area contributed by atoms with E-state index in [0.717, 1.165) is 0 Å². The summed E-state index contributed by atoms with van der Waals surface area (Å²) >= 11 is 5.72. The van der Waals surface area contributed by atoms with Crippen LogP contribution in [0.4, 0.5) is 13.2 Å². The minimum atomic E-state index is -4.26. The van der Waals surface area contributed by atoms with E-state index in [1.54, 1.807) is 6.07 Å². The Bertz CT molecular complexity index is 404. The van der Waals surface area contributed by atoms with Gasteiger partial charge in [-0.2, -0.15) is 13.2 Å². The maximum Gasteiger partial charge on any atom is 0.441 e. The normalized spacial score (nSPS) is 11.5. The molecule has 0 heterocycles. The fraction of sp³-hybridized carbons (Fsp3) is 0.455. The smallest absolute Gasteiger partial charge is 0.441 e. The van der Waals surface area contributed by atoms with E-state index in [0.29, 0.717) is 22.1 Å². The molecule has 0 aromatic heterocycles. The molecule has 0 aliphatic rings. The Labute approximate surface area is 118 Å². The highest BCUT2D eigenvalue weighted by Crippen LogP contribution is 2.35. The van der Waals surface area contributed by atoms with E-state index >= 15 is 0 Å². The summed E-state index contributed by atoms with van der Waals surface area (Å²) in [5, 5.41) is 0.425. The molecular formula is C11H13ClF3NO2S. The van der Waals surface area contributed by atoms with E-state index < -0.39 is 5.51 Å². The zero-order chi connectivity index (χ0) is 14.5. The molecule has 0 aliphatic heterocycles. The van der Waals surface area contributed by atoms with Crippen LogP contribution in [-0.2, 0) is 6.54 Å². The van der Waals surface area contributed by atoms with Gasteiger partial charge >= 0.3 is 5.51 Å². The minimum Gasteiger partial charge on any atom is -0.493 e. The van der Waals surface area contributed by atoms with Gasteiger partial charge in [-0.25, -0.2) is 0 Å². The Morgan fingerprint density at radius 1 is 1.37 bits per heavy atom. The molecule has 108 valence electrons. The van der Waals surface area contributed by atoms with Gasteiger partial charge in [-0.3, -0.25) is 0 Å². The Morgan fingerprint density at radius 3 is 2.58 bits per heavy atom. The Morgan fingerprint density at radius 2 is 2.05 bits per heavy atom. The third-order valence-corrected chi connectivity index (χ3v) is 3.05. The van der Waals surface area contributed by atoms with Crippen LogP contribution in [0, 0.1) is 0 Å². The number of rotatable bonds is 6. The van der Waals surface area contributed by atoms with Crippen molar-refractivity contribution in [2.45, 2.75) is 12.1 Å². The van der Waals surface area contributed by atoms with Crippen LogP contribution in [0.2, 0.25) is 5.02 Å². The lowest BCUT2D eigenvalue weighted by atomic mass is 10.2. The molecule has 0 aliphatic carbocycles. The van der Waals surface area contributed by atoms with E-state index in [4.69, 9.17) is 26.8 Å². The van der Waals surface area contributed by atoms with E-state index in [2.05, 4.69) is 0 Å². The third-order valence-electron chi connectivity index (χ3n) is 2.13. The van der Waals surface area contributed by atoms with Gasteiger partial charge in [-0.05, 0) is 17.8 Å². The lowest BCUT2D eigenvalue weighted by Gasteiger charge is -2.15. The summed E-state index contributed by atoms with van der Waals surface area (Å²) < 4.78 is 46.3. The van der Waals surface area contributed by atoms with Crippen LogP contribution >= 0.6 is 23.4 Å². The Balaban J connectivity index is 2.71. The largest absolute Gasteiger partial charge is 0.493 e. The summed E-state index contributed by atoms with van der Waals surface area (Å²) in [5.74, 6) is 0.473. The zero-order valence-electron chi connectivity index (χ0n) is 10.1. The van der Waals surface area contributed by atoms with Crippen LogP contribution < -0.4 is 15.2 Å². The average molecular weight is 316 g/mol. The number of nitrogens with two attached hydrogens (primary N) is 1. The zero-order valence-corrected chi connectivity index (χ0v) is 11.7. The van der Waals surface area contributed by atoms with Gasteiger partial charge in [0.15, 0.2) is 11.5 Å². The molecule has 0 amide bonds. The highest BCUT2D eigenvalue weighted by Gasteiger charge is 2.27. The third kappa shape index (κ3) is 5.38. The number of alkyl halides is 3. The van der Waals surface area contributed by atoms with Gasteiger partial charge in [-0.1, -0.05) is 11.6 Å². The van der Waals surface area contributed by atoms with Crippen LogP contribution in [0.25, 0.3) is 0 Å². The first kappa shape index (κ1) is 16.3. The van der Waals surface area contributed by atoms with Crippen molar-refractivity contribution in [2.75, 3.05) is 19.5 Å². The fourth-order valence-electron chi connectivity index (χ4n) is 1.39. The standard InChI is InChI=1S/C11H13ClF3NO2S/c1-17-9-5-8(12)4-7(6-16)10(9)18-2-3-19-11(13,14)15/h4-5H,2-3,6,16H2,1H3. The van der Waals surface area contributed by atoms with Crippen molar-refractivity contribution in [3.8, 4) is 11.5 Å². The van der Waals surface area contributed by atoms with Crippen LogP contribution in [0.5, 0.6) is 11.5 Å². The van der Waals surface area contributed by atoms with Gasteiger partial charge in [0.05, 0.1) is 13.7 Å². The summed E-state index contributed by atoms with van der Waals surface area (Å²) in [4.78, 5) is 0. The molecular weight excluding hydrogens is 303 g/mol. The molecule has 0 fully saturated rings. The number of benzene rings is 1. The second kappa shape index (κ2) is 7.12. The van der Waals surface area contributed by atoms with Gasteiger partial charge < -0.3 is 15.2 Å². The van der Waals surface area contributed by atoms with Crippen LogP contribution in [0.15, 0.2) is 12.1 Å². The Kier molecular flexibility index (Phi) is 6.09. The number of hydrogen-bond acceptors (Lipinski definition) is 4. The molecule has 0 spiro atoms. The molecule has 0 atom stereocenters. The van der Waals surface area contributed by atoms with Gasteiger partial charge in [0, 0.05) is 29.0 Å². The Hall–Kier alpha value is -0.790. The lowest BCUT2D eigenvalue weighted by molar-refractivity contribution is -0.0329. The molecule has 1 aromatic rings. The van der Waals surface area contributed by atoms with Crippen molar-refractivity contribution >= 4 is 23.4 Å². The maximum absolute atomic E-state index is 12.0. The molecule has 1 rings (SSSR count). The van der Waals surface area contributed by atoms with E-state index in [-0.39, 0.29) is 30.7 Å². The van der Waals surface area contributed by atoms with E-state index in [9.17, 15) is 13.2 Å². The van der Waals surface area contributed by atoms with Gasteiger partial charge in [0.1, 0.15) is 0 Å². The topological polar surface area (TPSA) is 44.5 Å². The van der Waals surface area contributed by atoms with Crippen molar-refractivity contribution in [1.29, 1.82) is 0 Å². The van der Waals surface area contributed by atoms with E-state index in [1.807, 2.05) is 0 Å². The highest BCUT2D eigenvalue weighted by atomic mass is 35.5. The van der Waals surface area contributed by atoms with Crippen molar-refractivity contribution in [3.05, 3.63) is 22.7 Å². The fourth-order valence-corrected chi connectivity index (χ4v) is 2.02. The second-order valence-corrected chi connectivity index (χ2v) is 5.04. The van der Waals surface area contributed by atoms with Gasteiger partial charge in [0.2, 0.25) is 0 Å². The molecule has 0 unspecified atom stereocenters. The molecule has 19 heavy (non-hydrogen) atoms. The summed E-state index contributed by atoms with van der Waals surface area (Å²) in [5.41, 5.74) is 1.86. The predicted octanol–water partition coefficient (Wildman–Crippen LogP) is 3.44. The molecule has 0 radical (unpaired) electrons. The summed E-state index contributed by atoms with van der Waals surface area (Å²) in [6.45, 7) is 0.0494. The first-order valence-corrected chi connectivity index (χ1v) is 6.63. The first-order chi connectivity index (χ1) is 8.87. The predicted molar refractivity (Wildman–Crippen MR) is 69.9 cm³/mol. The monoisotopic (exact) mass is 315 g/mol. The average Bonchev–Trinajstić information content (AvgIpc) is 2.33. The second-order valence-electron chi connectivity index (χ2n) is 3.44. The van der Waals surface area contributed by atoms with Gasteiger partial charge in [-0.15, -0.1) is 0 Å². The molecule has 8 heteroatoms. The molecule has 3 nitrogen and oxygen atoms in total. The van der Waals surface area contributed by atoms with Gasteiger partial charge in [0.25, 0.3) is 0 Å². The first-order valence-electron chi connectivity index (χ1n) is 5.27. The quantitative estimate of drug-likeness (QED) is 0.817. The number of hydrogen-bond donors (Lipinski definition) is 1. The number of methoxy groups -OCH3 is 1. The van der Waals surface area contributed by atoms with Crippen molar-refractivity contribution < 1.29 is 22.6 Å². The summed E-state index contributed by atoms with van der Waals surface area (Å²) in [6.07, 6.45) is 0. The summed E-state index contributed by atoms with van der Waals surface area (Å²) in [7, 11) is 1.42. The van der Waals surface area contributed by atoms with Crippen LogP contribution in [-0.4, -0.2) is 25.0 Å². The maximum atomic E-state index is 12.0. The number of halogens is 4. The molecule has 1 aromatic carbocycles. The SMILES string of the molecule is COc1cc(Cl)cc(CN)c1OCCSC(F)(F)F.